The zero-order chi connectivity index (χ0) is 19.2. The van der Waals surface area contributed by atoms with Crippen LogP contribution in [0.15, 0.2) is 60.7 Å². The lowest BCUT2D eigenvalue weighted by molar-refractivity contribution is 0.102. The number of nitrogens with two attached hydrogens (primary N) is 1. The van der Waals surface area contributed by atoms with Crippen molar-refractivity contribution in [3.05, 3.63) is 71.8 Å². The van der Waals surface area contributed by atoms with Gasteiger partial charge in [0, 0.05) is 6.54 Å². The van der Waals surface area contributed by atoms with Crippen molar-refractivity contribution in [2.45, 2.75) is 6.54 Å². The van der Waals surface area contributed by atoms with E-state index in [2.05, 4.69) is 15.6 Å². The van der Waals surface area contributed by atoms with Crippen molar-refractivity contribution in [2.24, 2.45) is 0 Å². The SMILES string of the molecule is COc1ccc(CNc2ccc(NC(=O)c3ccccc3O)c(N)n2)cc1. The number of aromatic nitrogens is 1. The fraction of sp³-hybridized carbons (Fsp3) is 0.100. The average Bonchev–Trinajstić information content (AvgIpc) is 2.69. The average molecular weight is 364 g/mol. The summed E-state index contributed by atoms with van der Waals surface area (Å²) >= 11 is 0. The molecule has 0 bridgehead atoms. The van der Waals surface area contributed by atoms with Crippen LogP contribution in [0.2, 0.25) is 0 Å². The van der Waals surface area contributed by atoms with Crippen molar-refractivity contribution < 1.29 is 14.6 Å². The molecule has 0 unspecified atom stereocenters. The number of nitrogen functional groups attached to an aromatic ring is 1. The number of aromatic hydroxyl groups is 1. The van der Waals surface area contributed by atoms with Gasteiger partial charge in [-0.15, -0.1) is 0 Å². The third-order valence-corrected chi connectivity index (χ3v) is 3.95. The van der Waals surface area contributed by atoms with Gasteiger partial charge in [-0.25, -0.2) is 4.98 Å². The van der Waals surface area contributed by atoms with Gasteiger partial charge in [0.05, 0.1) is 18.4 Å². The molecule has 1 heterocycles. The van der Waals surface area contributed by atoms with Crippen LogP contribution in [0.5, 0.6) is 11.5 Å². The molecular formula is C20H20N4O3. The number of methoxy groups -OCH3 is 1. The molecule has 0 fully saturated rings. The molecule has 0 aliphatic carbocycles. The number of rotatable bonds is 6. The van der Waals surface area contributed by atoms with E-state index >= 15 is 0 Å². The van der Waals surface area contributed by atoms with Gasteiger partial charge in [-0.05, 0) is 42.0 Å². The molecule has 0 aliphatic heterocycles. The number of nitrogens with one attached hydrogen (secondary N) is 2. The van der Waals surface area contributed by atoms with Gasteiger partial charge in [0.2, 0.25) is 0 Å². The Hall–Kier alpha value is -3.74. The largest absolute Gasteiger partial charge is 0.507 e. The third kappa shape index (κ3) is 4.46. The minimum Gasteiger partial charge on any atom is -0.507 e. The number of benzene rings is 2. The molecule has 0 aliphatic rings. The van der Waals surface area contributed by atoms with Gasteiger partial charge in [0.25, 0.3) is 5.91 Å². The molecule has 0 saturated carbocycles. The summed E-state index contributed by atoms with van der Waals surface area (Å²) in [5, 5.41) is 15.6. The Labute approximate surface area is 156 Å². The van der Waals surface area contributed by atoms with Crippen molar-refractivity contribution in [3.8, 4) is 11.5 Å². The normalized spacial score (nSPS) is 10.3. The maximum absolute atomic E-state index is 12.3. The van der Waals surface area contributed by atoms with Crippen molar-refractivity contribution in [1.82, 2.24) is 4.98 Å². The summed E-state index contributed by atoms with van der Waals surface area (Å²) in [6.07, 6.45) is 0. The van der Waals surface area contributed by atoms with E-state index in [0.717, 1.165) is 11.3 Å². The Balaban J connectivity index is 1.64. The molecule has 1 aromatic heterocycles. The number of amides is 1. The quantitative estimate of drug-likeness (QED) is 0.535. The molecule has 27 heavy (non-hydrogen) atoms. The molecule has 3 rings (SSSR count). The van der Waals surface area contributed by atoms with Crippen molar-refractivity contribution >= 4 is 23.2 Å². The predicted molar refractivity (Wildman–Crippen MR) is 105 cm³/mol. The van der Waals surface area contributed by atoms with Gasteiger partial charge in [0.15, 0.2) is 0 Å². The number of carbonyl (C=O) groups is 1. The van der Waals surface area contributed by atoms with E-state index in [9.17, 15) is 9.90 Å². The minimum atomic E-state index is -0.458. The van der Waals surface area contributed by atoms with E-state index in [1.54, 1.807) is 31.4 Å². The Morgan fingerprint density at radius 2 is 1.85 bits per heavy atom. The molecular weight excluding hydrogens is 344 g/mol. The number of nitrogens with zero attached hydrogens (tertiary/aromatic N) is 1. The molecule has 5 N–H and O–H groups in total. The molecule has 2 aromatic carbocycles. The van der Waals surface area contributed by atoms with E-state index in [4.69, 9.17) is 10.5 Å². The second kappa shape index (κ2) is 8.09. The van der Waals surface area contributed by atoms with Crippen molar-refractivity contribution in [3.63, 3.8) is 0 Å². The van der Waals surface area contributed by atoms with Crippen LogP contribution in [-0.4, -0.2) is 23.1 Å². The summed E-state index contributed by atoms with van der Waals surface area (Å²) in [6, 6.07) is 17.4. The number of hydrogen-bond donors (Lipinski definition) is 4. The second-order valence-corrected chi connectivity index (χ2v) is 5.80. The Kier molecular flexibility index (Phi) is 5.41. The van der Waals surface area contributed by atoms with E-state index < -0.39 is 5.91 Å². The first kappa shape index (κ1) is 18.1. The van der Waals surface area contributed by atoms with Crippen LogP contribution in [-0.2, 0) is 6.54 Å². The monoisotopic (exact) mass is 364 g/mol. The Morgan fingerprint density at radius 1 is 1.11 bits per heavy atom. The first-order valence-corrected chi connectivity index (χ1v) is 8.29. The number of phenolic OH excluding ortho intramolecular Hbond substituents is 1. The van der Waals surface area contributed by atoms with Crippen LogP contribution in [0.1, 0.15) is 15.9 Å². The fourth-order valence-corrected chi connectivity index (χ4v) is 2.47. The molecule has 0 spiro atoms. The highest BCUT2D eigenvalue weighted by Gasteiger charge is 2.12. The summed E-state index contributed by atoms with van der Waals surface area (Å²) in [7, 11) is 1.62. The number of anilines is 3. The number of hydrogen-bond acceptors (Lipinski definition) is 6. The third-order valence-electron chi connectivity index (χ3n) is 3.95. The summed E-state index contributed by atoms with van der Waals surface area (Å²) in [4.78, 5) is 16.5. The van der Waals surface area contributed by atoms with E-state index in [-0.39, 0.29) is 17.1 Å². The highest BCUT2D eigenvalue weighted by molar-refractivity contribution is 6.07. The smallest absolute Gasteiger partial charge is 0.259 e. The van der Waals surface area contributed by atoms with Crippen LogP contribution >= 0.6 is 0 Å². The van der Waals surface area contributed by atoms with Crippen LogP contribution < -0.4 is 21.1 Å². The Morgan fingerprint density at radius 3 is 2.52 bits per heavy atom. The van der Waals surface area contributed by atoms with Crippen molar-refractivity contribution in [2.75, 3.05) is 23.5 Å². The standard InChI is InChI=1S/C20H20N4O3/c1-27-14-8-6-13(7-9-14)12-22-18-11-10-16(19(21)24-18)23-20(26)15-4-2-3-5-17(15)25/h2-11,25H,12H2,1H3,(H,23,26)(H3,21,22,24). The molecule has 7 nitrogen and oxygen atoms in total. The summed E-state index contributed by atoms with van der Waals surface area (Å²) in [5.41, 5.74) is 7.55. The lowest BCUT2D eigenvalue weighted by Crippen LogP contribution is -2.14. The van der Waals surface area contributed by atoms with Gasteiger partial charge in [0.1, 0.15) is 23.1 Å². The van der Waals surface area contributed by atoms with Crippen LogP contribution in [0.3, 0.4) is 0 Å². The van der Waals surface area contributed by atoms with Gasteiger partial charge < -0.3 is 26.2 Å². The number of phenols is 1. The Bertz CT molecular complexity index is 942. The molecule has 7 heteroatoms. The number of carbonyl (C=O) groups excluding carboxylic acids is 1. The summed E-state index contributed by atoms with van der Waals surface area (Å²) < 4.78 is 5.13. The number of pyridine rings is 1. The zero-order valence-electron chi connectivity index (χ0n) is 14.8. The molecule has 0 atom stereocenters. The molecule has 1 amide bonds. The lowest BCUT2D eigenvalue weighted by Gasteiger charge is -2.11. The maximum Gasteiger partial charge on any atom is 0.259 e. The van der Waals surface area contributed by atoms with Gasteiger partial charge in [-0.1, -0.05) is 24.3 Å². The van der Waals surface area contributed by atoms with Crippen molar-refractivity contribution in [1.29, 1.82) is 0 Å². The summed E-state index contributed by atoms with van der Waals surface area (Å²) in [5.74, 6) is 1.01. The second-order valence-electron chi connectivity index (χ2n) is 5.80. The van der Waals surface area contributed by atoms with E-state index in [0.29, 0.717) is 18.1 Å². The topological polar surface area (TPSA) is 110 Å². The number of para-hydroxylation sites is 1. The predicted octanol–water partition coefficient (Wildman–Crippen LogP) is 3.24. The lowest BCUT2D eigenvalue weighted by atomic mass is 10.2. The highest BCUT2D eigenvalue weighted by Crippen LogP contribution is 2.22. The van der Waals surface area contributed by atoms with Gasteiger partial charge in [-0.3, -0.25) is 4.79 Å². The van der Waals surface area contributed by atoms with E-state index in [1.807, 2.05) is 24.3 Å². The van der Waals surface area contributed by atoms with E-state index in [1.165, 1.54) is 12.1 Å². The minimum absolute atomic E-state index is 0.0979. The first-order valence-electron chi connectivity index (χ1n) is 8.29. The van der Waals surface area contributed by atoms with Gasteiger partial charge in [-0.2, -0.15) is 0 Å². The molecule has 3 aromatic rings. The number of ether oxygens (including phenoxy) is 1. The van der Waals surface area contributed by atoms with Gasteiger partial charge >= 0.3 is 0 Å². The molecule has 0 saturated heterocycles. The molecule has 138 valence electrons. The highest BCUT2D eigenvalue weighted by atomic mass is 16.5. The van der Waals surface area contributed by atoms with Crippen LogP contribution in [0.25, 0.3) is 0 Å². The zero-order valence-corrected chi connectivity index (χ0v) is 14.8. The summed E-state index contributed by atoms with van der Waals surface area (Å²) in [6.45, 7) is 0.569. The molecule has 0 radical (unpaired) electrons. The van der Waals surface area contributed by atoms with Crippen LogP contribution in [0.4, 0.5) is 17.3 Å². The fourth-order valence-electron chi connectivity index (χ4n) is 2.47. The maximum atomic E-state index is 12.3. The first-order chi connectivity index (χ1) is 13.1. The van der Waals surface area contributed by atoms with Crippen LogP contribution in [0, 0.1) is 0 Å².